The SMILES string of the molecule is CC1OC(=O)c2ccc(Nc3cc(N[C@H](CO)c4ccccc4)c(-c4nnco4)cn3)cc2C1=O. The lowest BCUT2D eigenvalue weighted by Gasteiger charge is -2.21. The third-order valence-corrected chi connectivity index (χ3v) is 5.64. The van der Waals surface area contributed by atoms with Gasteiger partial charge >= 0.3 is 5.97 Å². The van der Waals surface area contributed by atoms with Crippen LogP contribution < -0.4 is 10.6 Å². The predicted octanol–water partition coefficient (Wildman–Crippen LogP) is 3.76. The quantitative estimate of drug-likeness (QED) is 0.341. The predicted molar refractivity (Wildman–Crippen MR) is 126 cm³/mol. The number of rotatable bonds is 7. The van der Waals surface area contributed by atoms with E-state index in [4.69, 9.17) is 9.15 Å². The number of aromatic nitrogens is 3. The van der Waals surface area contributed by atoms with E-state index in [9.17, 15) is 14.7 Å². The molecule has 1 aliphatic heterocycles. The fourth-order valence-corrected chi connectivity index (χ4v) is 3.86. The largest absolute Gasteiger partial charge is 0.451 e. The number of ether oxygens (including phenoxy) is 1. The van der Waals surface area contributed by atoms with Gasteiger partial charge in [-0.05, 0) is 30.7 Å². The number of ketones is 1. The Morgan fingerprint density at radius 1 is 1.06 bits per heavy atom. The summed E-state index contributed by atoms with van der Waals surface area (Å²) in [6, 6.07) is 15.7. The summed E-state index contributed by atoms with van der Waals surface area (Å²) in [5.74, 6) is -0.0652. The zero-order valence-electron chi connectivity index (χ0n) is 18.6. The molecule has 10 heteroatoms. The number of nitrogens with one attached hydrogen (secondary N) is 2. The topological polar surface area (TPSA) is 139 Å². The van der Waals surface area contributed by atoms with Crippen LogP contribution in [0, 0.1) is 0 Å². The van der Waals surface area contributed by atoms with Crippen LogP contribution in [0.25, 0.3) is 11.5 Å². The Kier molecular flexibility index (Phi) is 5.94. The van der Waals surface area contributed by atoms with Crippen molar-refractivity contribution >= 4 is 28.9 Å². The highest BCUT2D eigenvalue weighted by Gasteiger charge is 2.31. The van der Waals surface area contributed by atoms with E-state index in [0.29, 0.717) is 28.3 Å². The summed E-state index contributed by atoms with van der Waals surface area (Å²) in [6.07, 6.45) is 1.96. The first-order valence-electron chi connectivity index (χ1n) is 10.9. The van der Waals surface area contributed by atoms with E-state index in [-0.39, 0.29) is 23.8 Å². The number of benzene rings is 2. The summed E-state index contributed by atoms with van der Waals surface area (Å²) in [5, 5.41) is 24.2. The summed E-state index contributed by atoms with van der Waals surface area (Å²) >= 11 is 0. The zero-order valence-corrected chi connectivity index (χ0v) is 18.6. The van der Waals surface area contributed by atoms with Crippen molar-refractivity contribution < 1.29 is 23.8 Å². The Bertz CT molecular complexity index is 1370. The first-order chi connectivity index (χ1) is 17.0. The molecule has 0 saturated heterocycles. The maximum absolute atomic E-state index is 12.5. The third kappa shape index (κ3) is 4.46. The smallest absolute Gasteiger partial charge is 0.339 e. The molecule has 0 bridgehead atoms. The lowest BCUT2D eigenvalue weighted by atomic mass is 9.97. The molecule has 2 aromatic carbocycles. The third-order valence-electron chi connectivity index (χ3n) is 5.64. The Morgan fingerprint density at radius 2 is 1.89 bits per heavy atom. The van der Waals surface area contributed by atoms with E-state index in [1.807, 2.05) is 30.3 Å². The van der Waals surface area contributed by atoms with Crippen LogP contribution in [0.2, 0.25) is 0 Å². The van der Waals surface area contributed by atoms with Crippen molar-refractivity contribution in [2.75, 3.05) is 17.2 Å². The van der Waals surface area contributed by atoms with Gasteiger partial charge < -0.3 is 24.9 Å². The molecular formula is C25H21N5O5. The van der Waals surface area contributed by atoms with E-state index in [0.717, 1.165) is 5.56 Å². The second kappa shape index (κ2) is 9.35. The van der Waals surface area contributed by atoms with Crippen LogP contribution in [0.3, 0.4) is 0 Å². The summed E-state index contributed by atoms with van der Waals surface area (Å²) in [5.41, 5.74) is 3.15. The molecule has 10 nitrogen and oxygen atoms in total. The minimum Gasteiger partial charge on any atom is -0.451 e. The van der Waals surface area contributed by atoms with Gasteiger partial charge in [-0.15, -0.1) is 10.2 Å². The average molecular weight is 471 g/mol. The van der Waals surface area contributed by atoms with Crippen LogP contribution in [-0.2, 0) is 4.74 Å². The highest BCUT2D eigenvalue weighted by Crippen LogP contribution is 2.32. The summed E-state index contributed by atoms with van der Waals surface area (Å²) in [4.78, 5) is 29.0. The number of fused-ring (bicyclic) bond motifs is 1. The van der Waals surface area contributed by atoms with Gasteiger partial charge in [0.2, 0.25) is 12.2 Å². The summed E-state index contributed by atoms with van der Waals surface area (Å²) in [6.45, 7) is 1.39. The molecule has 1 unspecified atom stereocenters. The van der Waals surface area contributed by atoms with Gasteiger partial charge in [-0.2, -0.15) is 0 Å². The second-order valence-electron chi connectivity index (χ2n) is 7.95. The lowest BCUT2D eigenvalue weighted by Crippen LogP contribution is -2.31. The van der Waals surface area contributed by atoms with Gasteiger partial charge in [-0.1, -0.05) is 30.3 Å². The number of carbonyl (C=O) groups excluding carboxylic acids is 2. The standard InChI is InChI=1S/C25H21N5O5/c1-14-23(32)18-9-16(7-8-17(18)25(33)35-14)28-22-10-20(19(11-26-22)24-30-27-13-34-24)29-21(12-31)15-5-3-2-4-6-15/h2-11,13-14,21,31H,12H2,1H3,(H2,26,28,29)/t14?,21-/m1/s1. The number of nitrogens with zero attached hydrogens (tertiary/aromatic N) is 3. The Labute approximate surface area is 200 Å². The van der Waals surface area contributed by atoms with Crippen molar-refractivity contribution in [3.05, 3.63) is 83.9 Å². The van der Waals surface area contributed by atoms with Crippen molar-refractivity contribution in [1.29, 1.82) is 0 Å². The van der Waals surface area contributed by atoms with Crippen LogP contribution in [0.4, 0.5) is 17.2 Å². The van der Waals surface area contributed by atoms with Crippen LogP contribution in [0.15, 0.2) is 71.6 Å². The normalized spacial score (nSPS) is 15.8. The highest BCUT2D eigenvalue weighted by molar-refractivity contribution is 6.12. The summed E-state index contributed by atoms with van der Waals surface area (Å²) in [7, 11) is 0. The molecule has 1 aliphatic rings. The van der Waals surface area contributed by atoms with Crippen LogP contribution in [0.1, 0.15) is 39.2 Å². The van der Waals surface area contributed by atoms with Gasteiger partial charge in [0, 0.05) is 23.5 Å². The first kappa shape index (κ1) is 22.2. The van der Waals surface area contributed by atoms with Crippen molar-refractivity contribution in [3.63, 3.8) is 0 Å². The molecule has 0 fully saturated rings. The van der Waals surface area contributed by atoms with Gasteiger partial charge in [-0.3, -0.25) is 4.79 Å². The highest BCUT2D eigenvalue weighted by atomic mass is 16.5. The van der Waals surface area contributed by atoms with E-state index in [2.05, 4.69) is 25.8 Å². The fourth-order valence-electron chi connectivity index (χ4n) is 3.86. The van der Waals surface area contributed by atoms with E-state index >= 15 is 0 Å². The molecule has 0 aliphatic carbocycles. The van der Waals surface area contributed by atoms with Crippen LogP contribution in [-0.4, -0.2) is 44.8 Å². The van der Waals surface area contributed by atoms with E-state index in [1.165, 1.54) is 6.39 Å². The van der Waals surface area contributed by atoms with Gasteiger partial charge in [0.1, 0.15) is 5.82 Å². The maximum atomic E-state index is 12.5. The van der Waals surface area contributed by atoms with E-state index in [1.54, 1.807) is 37.4 Å². The van der Waals surface area contributed by atoms with Crippen molar-refractivity contribution in [1.82, 2.24) is 15.2 Å². The van der Waals surface area contributed by atoms with Gasteiger partial charge in [0.05, 0.1) is 29.5 Å². The molecule has 35 heavy (non-hydrogen) atoms. The lowest BCUT2D eigenvalue weighted by molar-refractivity contribution is 0.0282. The molecule has 0 radical (unpaired) electrons. The number of pyridine rings is 1. The van der Waals surface area contributed by atoms with Crippen LogP contribution in [0.5, 0.6) is 0 Å². The van der Waals surface area contributed by atoms with Crippen molar-refractivity contribution in [3.8, 4) is 11.5 Å². The number of aliphatic hydroxyl groups is 1. The van der Waals surface area contributed by atoms with Crippen molar-refractivity contribution in [2.24, 2.45) is 0 Å². The van der Waals surface area contributed by atoms with Gasteiger partial charge in [-0.25, -0.2) is 9.78 Å². The average Bonchev–Trinajstić information content (AvgIpc) is 3.41. The Balaban J connectivity index is 1.48. The molecule has 176 valence electrons. The number of anilines is 3. The molecule has 0 saturated carbocycles. The minimum absolute atomic E-state index is 0.153. The van der Waals surface area contributed by atoms with Gasteiger partial charge in [0.15, 0.2) is 6.10 Å². The molecule has 2 atom stereocenters. The summed E-state index contributed by atoms with van der Waals surface area (Å²) < 4.78 is 10.4. The molecule has 0 spiro atoms. The molecule has 2 aromatic heterocycles. The molecule has 5 rings (SSSR count). The number of hydrogen-bond donors (Lipinski definition) is 3. The van der Waals surface area contributed by atoms with E-state index < -0.39 is 18.1 Å². The minimum atomic E-state index is -0.832. The number of Topliss-reactive ketones (excluding diaryl/α,β-unsaturated/α-hetero) is 1. The molecule has 3 N–H and O–H groups in total. The number of aliphatic hydroxyl groups excluding tert-OH is 1. The number of cyclic esters (lactones) is 1. The van der Waals surface area contributed by atoms with Crippen molar-refractivity contribution in [2.45, 2.75) is 19.1 Å². The van der Waals surface area contributed by atoms with Gasteiger partial charge in [0.25, 0.3) is 5.89 Å². The fraction of sp³-hybridized carbons (Fsp3) is 0.160. The Morgan fingerprint density at radius 3 is 2.63 bits per heavy atom. The first-order valence-corrected chi connectivity index (χ1v) is 10.9. The van der Waals surface area contributed by atoms with Crippen LogP contribution >= 0.6 is 0 Å². The zero-order chi connectivity index (χ0) is 24.4. The maximum Gasteiger partial charge on any atom is 0.339 e. The number of carbonyl (C=O) groups is 2. The molecule has 4 aromatic rings. The molecule has 0 amide bonds. The number of hydrogen-bond acceptors (Lipinski definition) is 10. The second-order valence-corrected chi connectivity index (χ2v) is 7.95. The monoisotopic (exact) mass is 471 g/mol. The molecule has 3 heterocycles. The Hall–Kier alpha value is -4.57. The number of esters is 1. The molecular weight excluding hydrogens is 450 g/mol.